The van der Waals surface area contributed by atoms with Crippen LogP contribution in [0, 0.1) is 0 Å². The van der Waals surface area contributed by atoms with Gasteiger partial charge in [0.1, 0.15) is 10.6 Å². The van der Waals surface area contributed by atoms with Crippen molar-refractivity contribution in [1.82, 2.24) is 14.9 Å². The van der Waals surface area contributed by atoms with Gasteiger partial charge in [0.25, 0.3) is 5.91 Å². The molecule has 2 aromatic rings. The summed E-state index contributed by atoms with van der Waals surface area (Å²) in [5.74, 6) is -0.0401. The van der Waals surface area contributed by atoms with Crippen LogP contribution in [0.5, 0.6) is 5.75 Å². The minimum atomic E-state index is -3.73. The molecule has 1 aliphatic heterocycles. The molecule has 2 aromatic carbocycles. The van der Waals surface area contributed by atoms with Crippen molar-refractivity contribution in [3.8, 4) is 5.75 Å². The molecule has 1 saturated heterocycles. The van der Waals surface area contributed by atoms with Gasteiger partial charge in [-0.3, -0.25) is 9.69 Å². The van der Waals surface area contributed by atoms with Crippen molar-refractivity contribution in [2.45, 2.75) is 42.8 Å². The lowest BCUT2D eigenvalue weighted by molar-refractivity contribution is 0.0937. The summed E-state index contributed by atoms with van der Waals surface area (Å²) < 4.78 is 33.2. The molecular weight excluding hydrogens is 402 g/mol. The summed E-state index contributed by atoms with van der Waals surface area (Å²) in [5, 5.41) is 3.04. The zero-order chi connectivity index (χ0) is 21.1. The summed E-state index contributed by atoms with van der Waals surface area (Å²) in [4.78, 5) is 15.1. The Bertz CT molecular complexity index is 1010. The smallest absolute Gasteiger partial charge is 0.251 e. The second-order valence-electron chi connectivity index (χ2n) is 7.94. The van der Waals surface area contributed by atoms with Gasteiger partial charge in [-0.1, -0.05) is 30.3 Å². The summed E-state index contributed by atoms with van der Waals surface area (Å²) in [6.07, 6.45) is 2.54. The second-order valence-corrected chi connectivity index (χ2v) is 9.62. The van der Waals surface area contributed by atoms with Crippen LogP contribution in [0.4, 0.5) is 0 Å². The Kier molecular flexibility index (Phi) is 6.08. The third-order valence-corrected chi connectivity index (χ3v) is 7.01. The van der Waals surface area contributed by atoms with Crippen molar-refractivity contribution in [1.29, 1.82) is 0 Å². The quantitative estimate of drug-likeness (QED) is 0.671. The van der Waals surface area contributed by atoms with E-state index in [1.807, 2.05) is 18.2 Å². The Morgan fingerprint density at radius 3 is 2.57 bits per heavy atom. The first kappa shape index (κ1) is 20.8. The third-order valence-electron chi connectivity index (χ3n) is 5.47. The lowest BCUT2D eigenvalue weighted by Crippen LogP contribution is -2.37. The van der Waals surface area contributed by atoms with E-state index in [2.05, 4.69) is 27.1 Å². The predicted octanol–water partition coefficient (Wildman–Crippen LogP) is 2.14. The standard InChI is InChI=1S/C22H27N3O4S/c1-29-20-10-7-17(13-21(20)30(27,28)24-18-8-9-18)22(26)23-19-11-12-25(15-19)14-16-5-3-2-4-6-16/h2-7,10,13,18-19,24H,8-9,11-12,14-15H2,1H3,(H,23,26). The highest BCUT2D eigenvalue weighted by molar-refractivity contribution is 7.89. The minimum absolute atomic E-state index is 0.00155. The number of benzene rings is 2. The van der Waals surface area contributed by atoms with E-state index >= 15 is 0 Å². The Morgan fingerprint density at radius 1 is 1.10 bits per heavy atom. The largest absolute Gasteiger partial charge is 0.495 e. The number of carbonyl (C=O) groups excluding carboxylic acids is 1. The molecule has 1 amide bonds. The fourth-order valence-electron chi connectivity index (χ4n) is 3.72. The number of rotatable bonds is 8. The molecule has 0 bridgehead atoms. The minimum Gasteiger partial charge on any atom is -0.495 e. The van der Waals surface area contributed by atoms with Crippen molar-refractivity contribution < 1.29 is 17.9 Å². The maximum Gasteiger partial charge on any atom is 0.251 e. The molecule has 1 heterocycles. The first-order chi connectivity index (χ1) is 14.4. The number of likely N-dealkylation sites (tertiary alicyclic amines) is 1. The molecule has 160 valence electrons. The van der Waals surface area contributed by atoms with Gasteiger partial charge in [0.15, 0.2) is 0 Å². The van der Waals surface area contributed by atoms with Gasteiger partial charge in [-0.2, -0.15) is 0 Å². The van der Waals surface area contributed by atoms with Gasteiger partial charge < -0.3 is 10.1 Å². The molecular formula is C22H27N3O4S. The molecule has 0 aromatic heterocycles. The molecule has 2 N–H and O–H groups in total. The Labute approximate surface area is 177 Å². The van der Waals surface area contributed by atoms with E-state index in [9.17, 15) is 13.2 Å². The van der Waals surface area contributed by atoms with Gasteiger partial charge in [0.2, 0.25) is 10.0 Å². The molecule has 1 unspecified atom stereocenters. The maximum absolute atomic E-state index is 12.8. The van der Waals surface area contributed by atoms with Crippen LogP contribution < -0.4 is 14.8 Å². The maximum atomic E-state index is 12.8. The fraction of sp³-hybridized carbons (Fsp3) is 0.409. The lowest BCUT2D eigenvalue weighted by Gasteiger charge is -2.17. The van der Waals surface area contributed by atoms with Crippen molar-refractivity contribution in [2.24, 2.45) is 0 Å². The highest BCUT2D eigenvalue weighted by Crippen LogP contribution is 2.28. The highest BCUT2D eigenvalue weighted by atomic mass is 32.2. The van der Waals surface area contributed by atoms with Gasteiger partial charge in [0, 0.05) is 37.3 Å². The number of hydrogen-bond donors (Lipinski definition) is 2. The third kappa shape index (κ3) is 5.00. The molecule has 0 radical (unpaired) electrons. The van der Waals surface area contributed by atoms with Crippen LogP contribution in [-0.2, 0) is 16.6 Å². The Morgan fingerprint density at radius 2 is 1.87 bits per heavy atom. The van der Waals surface area contributed by atoms with E-state index in [-0.39, 0.29) is 28.6 Å². The lowest BCUT2D eigenvalue weighted by atomic mass is 10.1. The van der Waals surface area contributed by atoms with Crippen LogP contribution in [-0.4, -0.2) is 51.5 Å². The first-order valence-electron chi connectivity index (χ1n) is 10.2. The van der Waals surface area contributed by atoms with Crippen LogP contribution in [0.1, 0.15) is 35.2 Å². The number of methoxy groups -OCH3 is 1. The number of hydrogen-bond acceptors (Lipinski definition) is 5. The molecule has 0 spiro atoms. The summed E-state index contributed by atoms with van der Waals surface area (Å²) in [7, 11) is -2.31. The second kappa shape index (κ2) is 8.75. The fourth-order valence-corrected chi connectivity index (χ4v) is 5.22. The van der Waals surface area contributed by atoms with Crippen LogP contribution in [0.25, 0.3) is 0 Å². The van der Waals surface area contributed by atoms with Gasteiger partial charge in [-0.25, -0.2) is 13.1 Å². The summed E-state index contributed by atoms with van der Waals surface area (Å²) in [6, 6.07) is 14.8. The van der Waals surface area contributed by atoms with E-state index in [1.54, 1.807) is 6.07 Å². The van der Waals surface area contributed by atoms with Crippen LogP contribution >= 0.6 is 0 Å². The van der Waals surface area contributed by atoms with E-state index < -0.39 is 10.0 Å². The van der Waals surface area contributed by atoms with Crippen LogP contribution in [0.2, 0.25) is 0 Å². The average Bonchev–Trinajstić information content (AvgIpc) is 3.44. The van der Waals surface area contributed by atoms with E-state index in [0.717, 1.165) is 38.9 Å². The monoisotopic (exact) mass is 429 g/mol. The summed E-state index contributed by atoms with van der Waals surface area (Å²) in [5.41, 5.74) is 1.56. The average molecular weight is 430 g/mol. The molecule has 30 heavy (non-hydrogen) atoms. The van der Waals surface area contributed by atoms with E-state index in [4.69, 9.17) is 4.74 Å². The highest BCUT2D eigenvalue weighted by Gasteiger charge is 2.31. The normalized spacial score (nSPS) is 19.6. The predicted molar refractivity (Wildman–Crippen MR) is 114 cm³/mol. The summed E-state index contributed by atoms with van der Waals surface area (Å²) in [6.45, 7) is 2.53. The van der Waals surface area contributed by atoms with E-state index in [0.29, 0.717) is 5.56 Å². The van der Waals surface area contributed by atoms with Crippen molar-refractivity contribution >= 4 is 15.9 Å². The molecule has 1 saturated carbocycles. The summed E-state index contributed by atoms with van der Waals surface area (Å²) >= 11 is 0. The Balaban J connectivity index is 1.41. The van der Waals surface area contributed by atoms with Gasteiger partial charge in [0.05, 0.1) is 7.11 Å². The number of sulfonamides is 1. The van der Waals surface area contributed by atoms with E-state index in [1.165, 1.54) is 24.8 Å². The molecule has 2 fully saturated rings. The van der Waals surface area contributed by atoms with Gasteiger partial charge in [-0.15, -0.1) is 0 Å². The molecule has 1 atom stereocenters. The SMILES string of the molecule is COc1ccc(C(=O)NC2CCN(Cc3ccccc3)C2)cc1S(=O)(=O)NC1CC1. The number of nitrogens with zero attached hydrogens (tertiary/aromatic N) is 1. The molecule has 2 aliphatic rings. The first-order valence-corrected chi connectivity index (χ1v) is 11.7. The zero-order valence-corrected chi connectivity index (χ0v) is 17.8. The van der Waals surface area contributed by atoms with Crippen molar-refractivity contribution in [2.75, 3.05) is 20.2 Å². The van der Waals surface area contributed by atoms with Gasteiger partial charge in [-0.05, 0) is 43.0 Å². The van der Waals surface area contributed by atoms with Crippen LogP contribution in [0.3, 0.4) is 0 Å². The molecule has 7 nitrogen and oxygen atoms in total. The number of amides is 1. The molecule has 4 rings (SSSR count). The topological polar surface area (TPSA) is 87.7 Å². The zero-order valence-electron chi connectivity index (χ0n) is 17.0. The number of nitrogens with one attached hydrogen (secondary N) is 2. The number of ether oxygens (including phenoxy) is 1. The molecule has 1 aliphatic carbocycles. The van der Waals surface area contributed by atoms with Crippen LogP contribution in [0.15, 0.2) is 53.4 Å². The van der Waals surface area contributed by atoms with Gasteiger partial charge >= 0.3 is 0 Å². The molecule has 8 heteroatoms. The van der Waals surface area contributed by atoms with Crippen molar-refractivity contribution in [3.63, 3.8) is 0 Å². The Hall–Kier alpha value is -2.42. The number of carbonyl (C=O) groups is 1. The van der Waals surface area contributed by atoms with Crippen molar-refractivity contribution in [3.05, 3.63) is 59.7 Å².